The van der Waals surface area contributed by atoms with Gasteiger partial charge in [-0.05, 0) is 78.0 Å². The van der Waals surface area contributed by atoms with Gasteiger partial charge in [0, 0.05) is 44.2 Å². The molecule has 1 aliphatic carbocycles. The Morgan fingerprint density at radius 2 is 1.80 bits per heavy atom. The van der Waals surface area contributed by atoms with Crippen molar-refractivity contribution < 1.29 is 23.9 Å². The van der Waals surface area contributed by atoms with Gasteiger partial charge in [-0.2, -0.15) is 5.26 Å². The van der Waals surface area contributed by atoms with Gasteiger partial charge in [0.2, 0.25) is 23.6 Å². The molecule has 0 radical (unpaired) electrons. The number of nitrogens with zero attached hydrogens (tertiary/aromatic N) is 7. The number of hydrogen-bond acceptors (Lipinski definition) is 12. The fourth-order valence-electron chi connectivity index (χ4n) is 8.29. The van der Waals surface area contributed by atoms with Crippen molar-refractivity contribution in [2.45, 2.75) is 107 Å². The molecule has 4 aliphatic rings. The number of rotatable bonds is 10. The van der Waals surface area contributed by atoms with Gasteiger partial charge in [-0.25, -0.2) is 4.98 Å². The van der Waals surface area contributed by atoms with E-state index in [2.05, 4.69) is 49.1 Å². The number of thiol groups is 1. The molecule has 2 N–H and O–H groups in total. The number of imide groups is 1. The standard InChI is InChI=1S/C37H48ClN9O5S.ClH/c1-22-19-44(20-23(2)45(22)21-33(49)42-24-5-11-30(40-17-24)28-10-12-32(48)43-34(28)50)13-14-52-27-8-6-25(7-9-27)47-36(53)46(35(51)37(47,3)4)26-15-29(38)31(16-39)41-18-26;/h5,11,15,17-18,22-23,25,27-28,36,53H,6-10,12-14,19-21H2,1-4H3,(H,42,49)(H,43,48,50);1H/t22-,23+,25?,27?,28?,36?;. The average molecular weight is 803 g/mol. The first kappa shape index (κ1) is 41.8. The number of ether oxygens (including phenoxy) is 1. The van der Waals surface area contributed by atoms with Crippen molar-refractivity contribution in [2.75, 3.05) is 43.0 Å². The molecule has 3 aliphatic heterocycles. The highest BCUT2D eigenvalue weighted by Crippen LogP contribution is 2.42. The number of aromatic nitrogens is 2. The number of amides is 4. The summed E-state index contributed by atoms with van der Waals surface area (Å²) in [6, 6.07) is 7.53. The predicted octanol–water partition coefficient (Wildman–Crippen LogP) is 3.95. The summed E-state index contributed by atoms with van der Waals surface area (Å²) in [5.74, 6) is -1.28. The molecule has 2 aromatic heterocycles. The molecule has 4 atom stereocenters. The Kier molecular flexibility index (Phi) is 13.6. The zero-order valence-electron chi connectivity index (χ0n) is 31.0. The monoisotopic (exact) mass is 801 g/mol. The normalized spacial score (nSPS) is 27.9. The van der Waals surface area contributed by atoms with Crippen LogP contribution in [0.3, 0.4) is 0 Å². The highest BCUT2D eigenvalue weighted by molar-refractivity contribution is 7.81. The van der Waals surface area contributed by atoms with E-state index in [-0.39, 0.29) is 83.9 Å². The number of anilines is 2. The highest BCUT2D eigenvalue weighted by atomic mass is 35.5. The molecule has 1 saturated carbocycles. The van der Waals surface area contributed by atoms with Gasteiger partial charge in [-0.1, -0.05) is 11.6 Å². The van der Waals surface area contributed by atoms with Gasteiger partial charge >= 0.3 is 0 Å². The quantitative estimate of drug-likeness (QED) is 0.236. The van der Waals surface area contributed by atoms with Crippen molar-refractivity contribution >= 4 is 71.6 Å². The molecule has 17 heteroatoms. The topological polar surface area (TPSA) is 164 Å². The Bertz CT molecular complexity index is 1740. The van der Waals surface area contributed by atoms with E-state index < -0.39 is 17.0 Å². The SMILES string of the molecule is C[C@@H]1CN(CCOC2CCC(N3C(S)N(c4cnc(C#N)c(Cl)c4)C(=O)C3(C)C)CC2)C[C@H](C)N1CC(=O)Nc1ccc(C2CCC(=O)NC2=O)nc1.Cl. The Hall–Kier alpha value is -3.36. The first-order chi connectivity index (χ1) is 25.3. The molecule has 54 heavy (non-hydrogen) atoms. The first-order valence-corrected chi connectivity index (χ1v) is 19.2. The van der Waals surface area contributed by atoms with E-state index in [0.717, 1.165) is 45.3 Å². The van der Waals surface area contributed by atoms with Crippen molar-refractivity contribution in [1.82, 2.24) is 30.0 Å². The van der Waals surface area contributed by atoms with Crippen molar-refractivity contribution in [3.8, 4) is 6.07 Å². The van der Waals surface area contributed by atoms with Crippen molar-refractivity contribution in [1.29, 1.82) is 5.26 Å². The molecule has 5 heterocycles. The lowest BCUT2D eigenvalue weighted by atomic mass is 9.89. The lowest BCUT2D eigenvalue weighted by Gasteiger charge is -2.44. The van der Waals surface area contributed by atoms with Gasteiger partial charge in [0.05, 0.1) is 65.2 Å². The second-order valence-electron chi connectivity index (χ2n) is 15.1. The second-order valence-corrected chi connectivity index (χ2v) is 15.9. The van der Waals surface area contributed by atoms with Crippen molar-refractivity contribution in [3.05, 3.63) is 47.0 Å². The van der Waals surface area contributed by atoms with Gasteiger partial charge in [-0.15, -0.1) is 25.0 Å². The number of halogens is 2. The van der Waals surface area contributed by atoms with Crippen LogP contribution in [0.5, 0.6) is 0 Å². The second kappa shape index (κ2) is 17.6. The number of nitriles is 1. The number of piperidine rings is 1. The van der Waals surface area contributed by atoms with Crippen molar-refractivity contribution in [3.63, 3.8) is 0 Å². The van der Waals surface area contributed by atoms with Crippen LogP contribution in [0.4, 0.5) is 11.4 Å². The molecule has 4 fully saturated rings. The maximum absolute atomic E-state index is 13.6. The molecule has 2 aromatic rings. The summed E-state index contributed by atoms with van der Waals surface area (Å²) in [6.45, 7) is 11.5. The Labute approximate surface area is 333 Å². The van der Waals surface area contributed by atoms with E-state index in [1.807, 2.05) is 19.9 Å². The average Bonchev–Trinajstić information content (AvgIpc) is 3.29. The van der Waals surface area contributed by atoms with Crippen LogP contribution in [-0.2, 0) is 23.9 Å². The molecular weight excluding hydrogens is 753 g/mol. The van der Waals surface area contributed by atoms with E-state index in [4.69, 9.17) is 29.0 Å². The van der Waals surface area contributed by atoms with E-state index in [1.54, 1.807) is 29.3 Å². The summed E-state index contributed by atoms with van der Waals surface area (Å²) < 4.78 is 6.38. The summed E-state index contributed by atoms with van der Waals surface area (Å²) >= 11 is 11.1. The third kappa shape index (κ3) is 9.02. The van der Waals surface area contributed by atoms with Crippen LogP contribution in [-0.4, -0.2) is 116 Å². The zero-order chi connectivity index (χ0) is 38.0. The number of piperazine rings is 1. The van der Waals surface area contributed by atoms with E-state index >= 15 is 0 Å². The smallest absolute Gasteiger partial charge is 0.249 e. The summed E-state index contributed by atoms with van der Waals surface area (Å²) in [5, 5.41) is 14.7. The van der Waals surface area contributed by atoms with Crippen LogP contribution in [0.25, 0.3) is 0 Å². The number of hydrogen-bond donors (Lipinski definition) is 3. The summed E-state index contributed by atoms with van der Waals surface area (Å²) in [4.78, 5) is 67.2. The van der Waals surface area contributed by atoms with Gasteiger partial charge in [0.15, 0.2) is 5.69 Å². The Morgan fingerprint density at radius 3 is 2.41 bits per heavy atom. The Morgan fingerprint density at radius 1 is 1.09 bits per heavy atom. The first-order valence-electron chi connectivity index (χ1n) is 18.3. The Balaban J connectivity index is 0.00000561. The van der Waals surface area contributed by atoms with Crippen LogP contribution in [0.2, 0.25) is 5.02 Å². The van der Waals surface area contributed by atoms with Crippen molar-refractivity contribution in [2.24, 2.45) is 0 Å². The third-order valence-corrected chi connectivity index (χ3v) is 11.8. The largest absolute Gasteiger partial charge is 0.377 e. The van der Waals surface area contributed by atoms with Crippen LogP contribution >= 0.6 is 36.6 Å². The molecule has 14 nitrogen and oxygen atoms in total. The van der Waals surface area contributed by atoms with E-state index in [9.17, 15) is 24.4 Å². The molecule has 6 rings (SSSR count). The summed E-state index contributed by atoms with van der Waals surface area (Å²) in [7, 11) is 0. The van der Waals surface area contributed by atoms with Crippen LogP contribution in [0.15, 0.2) is 30.6 Å². The molecule has 4 amide bonds. The van der Waals surface area contributed by atoms with Gasteiger partial charge in [0.25, 0.3) is 0 Å². The molecule has 292 valence electrons. The molecule has 0 aromatic carbocycles. The lowest BCUT2D eigenvalue weighted by Crippen LogP contribution is -2.58. The fraction of sp³-hybridized carbons (Fsp3) is 0.595. The number of carbonyl (C=O) groups excluding carboxylic acids is 4. The summed E-state index contributed by atoms with van der Waals surface area (Å²) in [5.41, 5.74) is 0.516. The third-order valence-electron chi connectivity index (χ3n) is 11.0. The fourth-order valence-corrected chi connectivity index (χ4v) is 9.21. The van der Waals surface area contributed by atoms with Gasteiger partial charge < -0.3 is 10.1 Å². The van der Waals surface area contributed by atoms with Crippen LogP contribution < -0.4 is 15.5 Å². The van der Waals surface area contributed by atoms with Gasteiger partial charge in [0.1, 0.15) is 11.6 Å². The predicted molar refractivity (Wildman–Crippen MR) is 209 cm³/mol. The number of nitrogens with one attached hydrogen (secondary N) is 2. The van der Waals surface area contributed by atoms with E-state index in [1.165, 1.54) is 6.20 Å². The maximum atomic E-state index is 13.6. The molecular formula is C37H49Cl2N9O5S. The lowest BCUT2D eigenvalue weighted by molar-refractivity contribution is -0.134. The molecule has 2 unspecified atom stereocenters. The molecule has 0 bridgehead atoms. The highest BCUT2D eigenvalue weighted by Gasteiger charge is 2.54. The molecule has 3 saturated heterocycles. The molecule has 0 spiro atoms. The zero-order valence-corrected chi connectivity index (χ0v) is 33.5. The van der Waals surface area contributed by atoms with E-state index in [0.29, 0.717) is 30.1 Å². The minimum absolute atomic E-state index is 0. The number of pyridine rings is 2. The minimum atomic E-state index is -0.774. The van der Waals surface area contributed by atoms with Gasteiger partial charge in [-0.3, -0.25) is 49.1 Å². The minimum Gasteiger partial charge on any atom is -0.377 e. The summed E-state index contributed by atoms with van der Waals surface area (Å²) in [6.07, 6.45) is 7.46. The van der Waals surface area contributed by atoms with Crippen LogP contribution in [0.1, 0.15) is 83.5 Å². The number of carbonyl (C=O) groups is 4. The van der Waals surface area contributed by atoms with Crippen LogP contribution in [0, 0.1) is 11.3 Å². The maximum Gasteiger partial charge on any atom is 0.249 e.